The highest BCUT2D eigenvalue weighted by Gasteiger charge is 2.47. The molecule has 3 rings (SSSR count). The van der Waals surface area contributed by atoms with Crippen LogP contribution in [0.5, 0.6) is 0 Å². The number of imidazole rings is 1. The largest absolute Gasteiger partial charge is 0.790 e. The number of nitrogens with zero attached hydrogens (tertiary/aromatic N) is 5. The summed E-state index contributed by atoms with van der Waals surface area (Å²) in [6.45, 7) is 0.340. The van der Waals surface area contributed by atoms with Gasteiger partial charge in [-0.15, -0.1) is 0 Å². The van der Waals surface area contributed by atoms with E-state index < -0.39 is 90.7 Å². The Balaban J connectivity index is 1.46. The van der Waals surface area contributed by atoms with Crippen LogP contribution >= 0.6 is 35.2 Å². The van der Waals surface area contributed by atoms with Gasteiger partial charge >= 0.3 is 0 Å². The predicted octanol–water partition coefficient (Wildman–Crippen LogP) is -4.41. The van der Waals surface area contributed by atoms with Crippen LogP contribution in [-0.2, 0) is 50.7 Å². The number of likely N-dealkylation sites (N-methyl/N-ethyl adjacent to an activating group) is 1. The lowest BCUT2D eigenvalue weighted by Gasteiger charge is -2.36. The van der Waals surface area contributed by atoms with Crippen molar-refractivity contribution in [2.75, 3.05) is 65.5 Å². The highest BCUT2D eigenvalue weighted by atomic mass is 32.2. The number of hydrogen-bond acceptors (Lipinski definition) is 23. The smallest absolute Gasteiger partial charge is 0.274 e. The molecule has 26 nitrogen and oxygen atoms in total. The van der Waals surface area contributed by atoms with Gasteiger partial charge in [0, 0.05) is 37.1 Å². The molecule has 2 amide bonds. The van der Waals surface area contributed by atoms with Crippen LogP contribution in [0.2, 0.25) is 0 Å². The van der Waals surface area contributed by atoms with Gasteiger partial charge in [-0.1, -0.05) is 25.6 Å². The zero-order valence-electron chi connectivity index (χ0n) is 31.8. The zero-order valence-corrected chi connectivity index (χ0v) is 35.3. The average molecular weight is 908 g/mol. The third kappa shape index (κ3) is 15.8. The molecule has 2 aromatic rings. The number of nitrogens with two attached hydrogens (primary N) is 1. The molecule has 1 aliphatic rings. The number of hydrogen-bond donors (Lipinski definition) is 6. The van der Waals surface area contributed by atoms with Crippen LogP contribution in [0.1, 0.15) is 32.9 Å². The van der Waals surface area contributed by atoms with Crippen LogP contribution in [-0.4, -0.2) is 147 Å². The Kier molecular flexibility index (Phi) is 17.5. The number of aliphatic hydroxyl groups is 3. The first-order valence-electron chi connectivity index (χ1n) is 17.1. The van der Waals surface area contributed by atoms with Crippen molar-refractivity contribution in [2.24, 2.45) is 5.41 Å². The molecule has 0 aliphatic carbocycles. The molecule has 3 heterocycles. The van der Waals surface area contributed by atoms with E-state index in [1.165, 1.54) is 13.8 Å². The molecule has 0 bridgehead atoms. The van der Waals surface area contributed by atoms with Gasteiger partial charge in [0.05, 0.1) is 48.5 Å². The molecule has 0 aromatic carbocycles. The summed E-state index contributed by atoms with van der Waals surface area (Å²) in [6.07, 6.45) is -8.52. The van der Waals surface area contributed by atoms with E-state index in [9.17, 15) is 63.0 Å². The fourth-order valence-corrected chi connectivity index (χ4v) is 8.70. The number of carbonyl (C=O) groups excluding carboxylic acids is 3. The SMILES string of the molecule is CC(C)(COP(=O)([O-])OP(=O)([O-])OC[C@H]1O[C@@H](n2cnc3c(N)ncnc32)[C@H](O)[C@@H]1OP(=O)([O-])[O-])[C@@H](O)C(=O)NCCC(=O)NCCSC(=O)C[C@H](O)C[N+](C)(C)C. The van der Waals surface area contributed by atoms with Gasteiger partial charge in [-0.2, -0.15) is 0 Å². The van der Waals surface area contributed by atoms with E-state index in [0.29, 0.717) is 11.0 Å². The number of aliphatic hydroxyl groups excluding tert-OH is 3. The Morgan fingerprint density at radius 3 is 2.34 bits per heavy atom. The van der Waals surface area contributed by atoms with Gasteiger partial charge in [-0.05, 0) is 0 Å². The topological polar surface area (TPSA) is 395 Å². The second-order valence-electron chi connectivity index (χ2n) is 14.5. The minimum atomic E-state index is -5.92. The molecular formula is C28H46N8O18P3S-3. The molecule has 330 valence electrons. The number of thioether (sulfide) groups is 1. The third-order valence-corrected chi connectivity index (χ3v) is 11.8. The lowest BCUT2D eigenvalue weighted by atomic mass is 9.87. The minimum Gasteiger partial charge on any atom is -0.790 e. The van der Waals surface area contributed by atoms with Gasteiger partial charge in [-0.3, -0.25) is 28.1 Å². The molecule has 1 fully saturated rings. The summed E-state index contributed by atoms with van der Waals surface area (Å²) in [4.78, 5) is 96.2. The van der Waals surface area contributed by atoms with E-state index in [0.717, 1.165) is 29.0 Å². The van der Waals surface area contributed by atoms with E-state index in [1.54, 1.807) is 0 Å². The molecule has 1 saturated heterocycles. The van der Waals surface area contributed by atoms with E-state index in [1.807, 2.05) is 21.1 Å². The summed E-state index contributed by atoms with van der Waals surface area (Å²) < 4.78 is 61.0. The molecule has 58 heavy (non-hydrogen) atoms. The number of phosphoric acid groups is 3. The maximum atomic E-state index is 12.5. The second-order valence-corrected chi connectivity index (χ2v) is 19.8. The number of phosphoric ester groups is 3. The zero-order chi connectivity index (χ0) is 43.9. The Bertz CT molecular complexity index is 1900. The van der Waals surface area contributed by atoms with Crippen molar-refractivity contribution in [1.82, 2.24) is 30.2 Å². The molecular weight excluding hydrogens is 861 g/mol. The van der Waals surface area contributed by atoms with E-state index in [-0.39, 0.29) is 53.8 Å². The fraction of sp³-hybridized carbons (Fsp3) is 0.714. The highest BCUT2D eigenvalue weighted by Crippen LogP contribution is 2.56. The van der Waals surface area contributed by atoms with E-state index in [4.69, 9.17) is 10.5 Å². The first-order chi connectivity index (χ1) is 26.6. The number of carbonyl (C=O) groups is 3. The number of nitrogen functional groups attached to an aromatic ring is 1. The summed E-state index contributed by atoms with van der Waals surface area (Å²) in [5, 5.41) is 35.9. The summed E-state index contributed by atoms with van der Waals surface area (Å²) in [5.41, 5.74) is 4.04. The number of nitrogens with one attached hydrogen (secondary N) is 2. The number of rotatable bonds is 23. The molecule has 0 saturated carbocycles. The molecule has 2 aromatic heterocycles. The molecule has 0 radical (unpaired) electrons. The molecule has 1 aliphatic heterocycles. The van der Waals surface area contributed by atoms with Gasteiger partial charge in [-0.25, -0.2) is 19.3 Å². The van der Waals surface area contributed by atoms with Gasteiger partial charge in [0.2, 0.25) is 11.8 Å². The van der Waals surface area contributed by atoms with Crippen molar-refractivity contribution in [3.05, 3.63) is 12.7 Å². The Labute approximate surface area is 335 Å². The number of ether oxygens (including phenoxy) is 1. The van der Waals surface area contributed by atoms with Crippen LogP contribution < -0.4 is 35.9 Å². The minimum absolute atomic E-state index is 0.0263. The van der Waals surface area contributed by atoms with Gasteiger partial charge < -0.3 is 78.6 Å². The summed E-state index contributed by atoms with van der Waals surface area (Å²) >= 11 is 0.946. The summed E-state index contributed by atoms with van der Waals surface area (Å²) in [7, 11) is -12.0. The van der Waals surface area contributed by atoms with Crippen molar-refractivity contribution < 1.29 is 90.1 Å². The maximum absolute atomic E-state index is 12.5. The molecule has 0 spiro atoms. The number of aromatic nitrogens is 4. The fourth-order valence-electron chi connectivity index (χ4n) is 5.22. The van der Waals surface area contributed by atoms with Gasteiger partial charge in [0.25, 0.3) is 15.6 Å². The molecule has 7 N–H and O–H groups in total. The molecule has 2 unspecified atom stereocenters. The number of quaternary nitrogens is 1. The van der Waals surface area contributed by atoms with Gasteiger partial charge in [0.15, 0.2) is 22.8 Å². The molecule has 8 atom stereocenters. The average Bonchev–Trinajstić information content (AvgIpc) is 3.63. The Morgan fingerprint density at radius 2 is 1.71 bits per heavy atom. The third-order valence-electron chi connectivity index (χ3n) is 7.90. The van der Waals surface area contributed by atoms with Crippen LogP contribution in [0.3, 0.4) is 0 Å². The predicted molar refractivity (Wildman–Crippen MR) is 192 cm³/mol. The second kappa shape index (κ2) is 20.4. The quantitative estimate of drug-likeness (QED) is 0.0348. The van der Waals surface area contributed by atoms with Crippen LogP contribution in [0, 0.1) is 5.41 Å². The lowest BCUT2D eigenvalue weighted by molar-refractivity contribution is -0.873. The standard InChI is InChI=1S/C28H49N8O18P3S/c1-28(2,23(41)26(42)31-7-6-18(38)30-8-9-58-19(39)10-16(37)11-36(3,4)5)13-51-57(48,49)54-56(46,47)50-12-17-22(53-55(43,44)45)21(40)27(52-17)35-15-34-20-24(29)32-14-33-25(20)35/h14-17,21-23,27,37,40-41H,6-13H2,1-5H3,(H7-,29,30,31,32,33,38,42,43,44,45,46,47,48,49)/p-3/t16-,17+,21+,22+,23-,27+/m0/s1. The van der Waals surface area contributed by atoms with Gasteiger partial charge in [0.1, 0.15) is 48.9 Å². The van der Waals surface area contributed by atoms with Crippen LogP contribution in [0.15, 0.2) is 12.7 Å². The monoisotopic (exact) mass is 907 g/mol. The number of anilines is 1. The van der Waals surface area contributed by atoms with E-state index in [2.05, 4.69) is 43.5 Å². The number of fused-ring (bicyclic) bond motifs is 1. The normalized spacial score (nSPS) is 22.2. The lowest BCUT2D eigenvalue weighted by Crippen LogP contribution is -2.46. The number of amides is 2. The van der Waals surface area contributed by atoms with Crippen molar-refractivity contribution in [1.29, 1.82) is 0 Å². The maximum Gasteiger partial charge on any atom is 0.274 e. The van der Waals surface area contributed by atoms with Crippen molar-refractivity contribution in [3.8, 4) is 0 Å². The summed E-state index contributed by atoms with van der Waals surface area (Å²) in [5.74, 6) is -1.37. The van der Waals surface area contributed by atoms with Crippen molar-refractivity contribution in [3.63, 3.8) is 0 Å². The van der Waals surface area contributed by atoms with Crippen molar-refractivity contribution in [2.45, 2.75) is 63.4 Å². The Hall–Kier alpha value is -2.52. The molecule has 30 heteroatoms. The highest BCUT2D eigenvalue weighted by molar-refractivity contribution is 8.13. The van der Waals surface area contributed by atoms with Crippen LogP contribution in [0.4, 0.5) is 5.82 Å². The first kappa shape index (κ1) is 49.8. The van der Waals surface area contributed by atoms with Crippen LogP contribution in [0.25, 0.3) is 11.2 Å². The van der Waals surface area contributed by atoms with E-state index >= 15 is 0 Å². The summed E-state index contributed by atoms with van der Waals surface area (Å²) in [6, 6.07) is 0. The van der Waals surface area contributed by atoms with Crippen molar-refractivity contribution >= 4 is 69.1 Å². The first-order valence-corrected chi connectivity index (χ1v) is 22.4. The Morgan fingerprint density at radius 1 is 1.05 bits per heavy atom.